The van der Waals surface area contributed by atoms with Gasteiger partial charge in [-0.2, -0.15) is 0 Å². The van der Waals surface area contributed by atoms with Gasteiger partial charge in [0, 0.05) is 12.6 Å². The first kappa shape index (κ1) is 14.4. The summed E-state index contributed by atoms with van der Waals surface area (Å²) in [5.41, 5.74) is 2.26. The maximum atomic E-state index is 10.2. The molecular weight excluding hydrogens is 238 g/mol. The summed E-state index contributed by atoms with van der Waals surface area (Å²) in [5.74, 6) is 0.778. The average Bonchev–Trinajstić information content (AvgIpc) is 2.82. The van der Waals surface area contributed by atoms with Gasteiger partial charge in [0.15, 0.2) is 0 Å². The van der Waals surface area contributed by atoms with E-state index in [1.165, 1.54) is 5.56 Å². The van der Waals surface area contributed by atoms with E-state index in [-0.39, 0.29) is 12.1 Å². The van der Waals surface area contributed by atoms with E-state index in [1.807, 2.05) is 6.07 Å². The second-order valence-corrected chi connectivity index (χ2v) is 5.49. The van der Waals surface area contributed by atoms with Crippen LogP contribution in [0.15, 0.2) is 18.2 Å². The van der Waals surface area contributed by atoms with Gasteiger partial charge in [-0.3, -0.25) is 0 Å². The molecule has 106 valence electrons. The highest BCUT2D eigenvalue weighted by Crippen LogP contribution is 2.36. The van der Waals surface area contributed by atoms with E-state index in [2.05, 4.69) is 25.2 Å². The molecule has 0 heterocycles. The Hall–Kier alpha value is -1.06. The molecule has 1 aromatic rings. The molecule has 0 saturated heterocycles. The Balaban J connectivity index is 1.95. The summed E-state index contributed by atoms with van der Waals surface area (Å²) in [6.45, 7) is 4.88. The van der Waals surface area contributed by atoms with Crippen LogP contribution in [0.4, 0.5) is 0 Å². The molecule has 2 atom stereocenters. The highest BCUT2D eigenvalue weighted by atomic mass is 16.3. The lowest BCUT2D eigenvalue weighted by molar-refractivity contribution is 0.0983. The van der Waals surface area contributed by atoms with Gasteiger partial charge in [-0.25, -0.2) is 0 Å². The molecule has 0 fully saturated rings. The molecule has 0 radical (unpaired) electrons. The standard InChI is InChI=1S/C16H25NO2/c1-3-11(4-2)16(19)10-17-14-9-8-13-12(14)6-5-7-15(13)18/h5-7,11,14,16-19H,3-4,8-10H2,1-2H3. The fraction of sp³-hybridized carbons (Fsp3) is 0.625. The van der Waals surface area contributed by atoms with Gasteiger partial charge in [-0.15, -0.1) is 0 Å². The fourth-order valence-corrected chi connectivity index (χ4v) is 3.11. The topological polar surface area (TPSA) is 52.5 Å². The van der Waals surface area contributed by atoms with Crippen LogP contribution in [0.3, 0.4) is 0 Å². The summed E-state index contributed by atoms with van der Waals surface area (Å²) in [6.07, 6.45) is 3.67. The van der Waals surface area contributed by atoms with E-state index in [1.54, 1.807) is 6.07 Å². The van der Waals surface area contributed by atoms with E-state index in [0.717, 1.165) is 31.2 Å². The number of phenols is 1. The summed E-state index contributed by atoms with van der Waals surface area (Å²) in [6, 6.07) is 5.99. The summed E-state index contributed by atoms with van der Waals surface area (Å²) >= 11 is 0. The van der Waals surface area contributed by atoms with E-state index in [9.17, 15) is 10.2 Å². The molecule has 3 nitrogen and oxygen atoms in total. The molecule has 0 aliphatic heterocycles. The van der Waals surface area contributed by atoms with Gasteiger partial charge in [0.25, 0.3) is 0 Å². The molecule has 0 aromatic heterocycles. The van der Waals surface area contributed by atoms with Crippen molar-refractivity contribution in [3.63, 3.8) is 0 Å². The van der Waals surface area contributed by atoms with Crippen molar-refractivity contribution in [1.82, 2.24) is 5.32 Å². The SMILES string of the molecule is CCC(CC)C(O)CNC1CCc2c(O)cccc21. The Labute approximate surface area is 115 Å². The number of aliphatic hydroxyl groups is 1. The van der Waals surface area contributed by atoms with Gasteiger partial charge in [-0.05, 0) is 36.0 Å². The molecule has 2 unspecified atom stereocenters. The number of aliphatic hydroxyl groups excluding tert-OH is 1. The third-order valence-electron chi connectivity index (χ3n) is 4.41. The van der Waals surface area contributed by atoms with Gasteiger partial charge < -0.3 is 15.5 Å². The number of hydrogen-bond donors (Lipinski definition) is 3. The maximum Gasteiger partial charge on any atom is 0.119 e. The van der Waals surface area contributed by atoms with Crippen molar-refractivity contribution in [3.05, 3.63) is 29.3 Å². The first-order valence-corrected chi connectivity index (χ1v) is 7.39. The second-order valence-electron chi connectivity index (χ2n) is 5.49. The van der Waals surface area contributed by atoms with Gasteiger partial charge in [-0.1, -0.05) is 38.8 Å². The first-order chi connectivity index (χ1) is 9.17. The Morgan fingerprint density at radius 1 is 1.32 bits per heavy atom. The number of aromatic hydroxyl groups is 1. The van der Waals surface area contributed by atoms with E-state index in [4.69, 9.17) is 0 Å². The van der Waals surface area contributed by atoms with E-state index < -0.39 is 0 Å². The van der Waals surface area contributed by atoms with Crippen molar-refractivity contribution in [3.8, 4) is 5.75 Å². The zero-order chi connectivity index (χ0) is 13.8. The lowest BCUT2D eigenvalue weighted by atomic mass is 9.96. The molecular formula is C16H25NO2. The molecule has 1 aliphatic rings. The number of hydrogen-bond acceptors (Lipinski definition) is 3. The molecule has 0 saturated carbocycles. The maximum absolute atomic E-state index is 10.2. The molecule has 1 aliphatic carbocycles. The van der Waals surface area contributed by atoms with E-state index in [0.29, 0.717) is 18.2 Å². The van der Waals surface area contributed by atoms with Gasteiger partial charge in [0.05, 0.1) is 6.10 Å². The zero-order valence-corrected chi connectivity index (χ0v) is 11.9. The van der Waals surface area contributed by atoms with Crippen molar-refractivity contribution in [1.29, 1.82) is 0 Å². The Morgan fingerprint density at radius 2 is 2.05 bits per heavy atom. The molecule has 1 aromatic carbocycles. The molecule has 2 rings (SSSR count). The predicted octanol–water partition coefficient (Wildman–Crippen LogP) is 2.77. The van der Waals surface area contributed by atoms with Crippen LogP contribution >= 0.6 is 0 Å². The third-order valence-corrected chi connectivity index (χ3v) is 4.41. The highest BCUT2D eigenvalue weighted by Gasteiger charge is 2.25. The van der Waals surface area contributed by atoms with Crippen LogP contribution in [-0.2, 0) is 6.42 Å². The molecule has 0 spiro atoms. The predicted molar refractivity (Wildman–Crippen MR) is 77.3 cm³/mol. The largest absolute Gasteiger partial charge is 0.508 e. The number of fused-ring (bicyclic) bond motifs is 1. The van der Waals surface area contributed by atoms with Crippen LogP contribution in [0.2, 0.25) is 0 Å². The first-order valence-electron chi connectivity index (χ1n) is 7.39. The van der Waals surface area contributed by atoms with Crippen molar-refractivity contribution >= 4 is 0 Å². The van der Waals surface area contributed by atoms with Crippen molar-refractivity contribution < 1.29 is 10.2 Å². The molecule has 3 N–H and O–H groups in total. The number of rotatable bonds is 6. The van der Waals surface area contributed by atoms with Crippen molar-refractivity contribution in [2.24, 2.45) is 5.92 Å². The second kappa shape index (κ2) is 6.40. The van der Waals surface area contributed by atoms with Gasteiger partial charge in [0.1, 0.15) is 5.75 Å². The van der Waals surface area contributed by atoms with Crippen molar-refractivity contribution in [2.75, 3.05) is 6.54 Å². The lowest BCUT2D eigenvalue weighted by Gasteiger charge is -2.23. The zero-order valence-electron chi connectivity index (χ0n) is 11.9. The monoisotopic (exact) mass is 263 g/mol. The summed E-state index contributed by atoms with van der Waals surface area (Å²) < 4.78 is 0. The smallest absolute Gasteiger partial charge is 0.119 e. The minimum absolute atomic E-state index is 0.270. The van der Waals surface area contributed by atoms with Crippen LogP contribution in [0, 0.1) is 5.92 Å². The minimum atomic E-state index is -0.281. The van der Waals surface area contributed by atoms with Crippen LogP contribution < -0.4 is 5.32 Å². The van der Waals surface area contributed by atoms with Crippen LogP contribution in [0.5, 0.6) is 5.75 Å². The Kier molecular flexibility index (Phi) is 4.83. The Bertz CT molecular complexity index is 415. The van der Waals surface area contributed by atoms with Gasteiger partial charge in [0.2, 0.25) is 0 Å². The molecule has 3 heteroatoms. The normalized spacial score (nSPS) is 19.7. The number of phenolic OH excluding ortho intramolecular Hbond substituents is 1. The van der Waals surface area contributed by atoms with Crippen LogP contribution in [0.25, 0.3) is 0 Å². The summed E-state index contributed by atoms with van der Waals surface area (Å²) in [5, 5.41) is 23.4. The number of benzene rings is 1. The quantitative estimate of drug-likeness (QED) is 0.739. The van der Waals surface area contributed by atoms with Crippen LogP contribution in [-0.4, -0.2) is 22.9 Å². The third kappa shape index (κ3) is 3.10. The minimum Gasteiger partial charge on any atom is -0.508 e. The van der Waals surface area contributed by atoms with Crippen LogP contribution in [0.1, 0.15) is 50.3 Å². The number of nitrogens with one attached hydrogen (secondary N) is 1. The summed E-state index contributed by atoms with van der Waals surface area (Å²) in [7, 11) is 0. The fourth-order valence-electron chi connectivity index (χ4n) is 3.11. The Morgan fingerprint density at radius 3 is 2.74 bits per heavy atom. The average molecular weight is 263 g/mol. The molecule has 0 amide bonds. The molecule has 19 heavy (non-hydrogen) atoms. The lowest BCUT2D eigenvalue weighted by Crippen LogP contribution is -2.34. The summed E-state index contributed by atoms with van der Waals surface area (Å²) in [4.78, 5) is 0. The highest BCUT2D eigenvalue weighted by molar-refractivity contribution is 5.44. The van der Waals surface area contributed by atoms with Gasteiger partial charge >= 0.3 is 0 Å². The van der Waals surface area contributed by atoms with E-state index >= 15 is 0 Å². The molecule has 0 bridgehead atoms. The van der Waals surface area contributed by atoms with Crippen molar-refractivity contribution in [2.45, 2.75) is 51.7 Å².